The smallest absolute Gasteiger partial charge is 0.332 e. The van der Waals surface area contributed by atoms with Crippen molar-refractivity contribution in [1.82, 2.24) is 10.6 Å². The van der Waals surface area contributed by atoms with Gasteiger partial charge in [-0.1, -0.05) is 72.8 Å². The van der Waals surface area contributed by atoms with Crippen LogP contribution in [0, 0.1) is 0 Å². The van der Waals surface area contributed by atoms with Crippen molar-refractivity contribution in [3.05, 3.63) is 129 Å². The van der Waals surface area contributed by atoms with E-state index in [-0.39, 0.29) is 36.6 Å². The minimum Gasteiger partial charge on any atom is -0.486 e. The molecule has 0 atom stereocenters. The monoisotopic (exact) mass is 730 g/mol. The van der Waals surface area contributed by atoms with Crippen molar-refractivity contribution in [1.29, 1.82) is 0 Å². The number of aliphatic carboxylic acids is 1. The summed E-state index contributed by atoms with van der Waals surface area (Å²) in [5.41, 5.74) is 3.76. The van der Waals surface area contributed by atoms with E-state index in [0.717, 1.165) is 46.2 Å². The van der Waals surface area contributed by atoms with Gasteiger partial charge in [0.1, 0.15) is 33.8 Å². The van der Waals surface area contributed by atoms with Crippen LogP contribution in [0.5, 0.6) is 11.5 Å². The van der Waals surface area contributed by atoms with Crippen molar-refractivity contribution in [2.24, 2.45) is 0 Å². The van der Waals surface area contributed by atoms with Crippen molar-refractivity contribution in [3.63, 3.8) is 0 Å². The second-order valence-corrected chi connectivity index (χ2v) is 16.0. The summed E-state index contributed by atoms with van der Waals surface area (Å²) in [6.45, 7) is 9.99. The molecule has 2 heterocycles. The highest BCUT2D eigenvalue weighted by atomic mass is 16.5. The van der Waals surface area contributed by atoms with Crippen molar-refractivity contribution in [3.8, 4) is 11.5 Å². The van der Waals surface area contributed by atoms with Crippen LogP contribution >= 0.6 is 0 Å². The summed E-state index contributed by atoms with van der Waals surface area (Å²) < 4.78 is 17.3. The van der Waals surface area contributed by atoms with Crippen LogP contribution in [0.2, 0.25) is 0 Å². The maximum absolute atomic E-state index is 13.2. The number of rotatable bonds is 7. The molecular formula is C44H46N2O8. The third-order valence-electron chi connectivity index (χ3n) is 10.7. The first-order chi connectivity index (χ1) is 25.6. The third kappa shape index (κ3) is 6.93. The second-order valence-electron chi connectivity index (χ2n) is 16.0. The molecule has 54 heavy (non-hydrogen) atoms. The van der Waals surface area contributed by atoms with E-state index < -0.39 is 28.9 Å². The number of carboxylic acids is 1. The molecule has 2 aliphatic carbocycles. The van der Waals surface area contributed by atoms with Crippen molar-refractivity contribution >= 4 is 23.8 Å². The van der Waals surface area contributed by atoms with Gasteiger partial charge in [0.05, 0.1) is 17.7 Å². The van der Waals surface area contributed by atoms with E-state index in [4.69, 9.17) is 14.2 Å². The zero-order valence-corrected chi connectivity index (χ0v) is 31.3. The van der Waals surface area contributed by atoms with Crippen molar-refractivity contribution < 1.29 is 38.5 Å². The summed E-state index contributed by atoms with van der Waals surface area (Å²) in [5.74, 6) is -0.958. The number of para-hydroxylation sites is 2. The molecule has 3 N–H and O–H groups in total. The fraction of sp³-hybridized carbons (Fsp3) is 0.364. The summed E-state index contributed by atoms with van der Waals surface area (Å²) in [6, 6.07) is 26.5. The number of nitrogens with one attached hydrogen (secondary N) is 2. The van der Waals surface area contributed by atoms with E-state index in [1.54, 1.807) is 19.1 Å². The Bertz CT molecular complexity index is 2120. The molecule has 4 aromatic rings. The number of benzene rings is 4. The molecule has 2 amide bonds. The number of esters is 1. The highest BCUT2D eigenvalue weighted by Gasteiger charge is 2.48. The van der Waals surface area contributed by atoms with Crippen LogP contribution in [0.4, 0.5) is 0 Å². The molecule has 0 unspecified atom stereocenters. The molecule has 4 aromatic carbocycles. The van der Waals surface area contributed by atoms with E-state index in [0.29, 0.717) is 35.5 Å². The summed E-state index contributed by atoms with van der Waals surface area (Å²) in [7, 11) is 0. The lowest BCUT2D eigenvalue weighted by Crippen LogP contribution is -2.56. The molecule has 0 spiro atoms. The van der Waals surface area contributed by atoms with E-state index in [1.807, 2.05) is 100 Å². The van der Waals surface area contributed by atoms with Gasteiger partial charge in [0.25, 0.3) is 11.8 Å². The highest BCUT2D eigenvalue weighted by molar-refractivity contribution is 6.02. The normalized spacial score (nSPS) is 18.2. The van der Waals surface area contributed by atoms with Crippen LogP contribution in [0.1, 0.15) is 88.7 Å². The summed E-state index contributed by atoms with van der Waals surface area (Å²) >= 11 is 0. The van der Waals surface area contributed by atoms with E-state index >= 15 is 0 Å². The summed E-state index contributed by atoms with van der Waals surface area (Å²) in [5, 5.41) is 15.7. The fourth-order valence-corrected chi connectivity index (χ4v) is 8.23. The number of carbonyl (C=O) groups is 4. The van der Waals surface area contributed by atoms with Gasteiger partial charge in [0, 0.05) is 38.5 Å². The lowest BCUT2D eigenvalue weighted by molar-refractivity contribution is -0.150. The van der Waals surface area contributed by atoms with Crippen LogP contribution in [-0.2, 0) is 52.9 Å². The number of amides is 2. The fourth-order valence-electron chi connectivity index (χ4n) is 8.23. The zero-order chi connectivity index (χ0) is 38.5. The molecule has 0 fully saturated rings. The molecule has 10 heteroatoms. The quantitative estimate of drug-likeness (QED) is 0.197. The van der Waals surface area contributed by atoms with E-state index in [9.17, 15) is 24.3 Å². The number of hydrogen-bond donors (Lipinski definition) is 3. The number of hydrogen-bond acceptors (Lipinski definition) is 7. The number of carboxylic acid groups (broad SMARTS) is 1. The van der Waals surface area contributed by atoms with Gasteiger partial charge in [0.2, 0.25) is 0 Å². The Labute approximate surface area is 315 Å². The highest BCUT2D eigenvalue weighted by Crippen LogP contribution is 2.40. The maximum Gasteiger partial charge on any atom is 0.332 e. The summed E-state index contributed by atoms with van der Waals surface area (Å²) in [4.78, 5) is 51.1. The van der Waals surface area contributed by atoms with Crippen LogP contribution in [0.15, 0.2) is 84.9 Å². The molecule has 0 bridgehead atoms. The Morgan fingerprint density at radius 3 is 1.33 bits per heavy atom. The van der Waals surface area contributed by atoms with E-state index in [2.05, 4.69) is 10.6 Å². The average molecular weight is 731 g/mol. The first-order valence-electron chi connectivity index (χ1n) is 18.4. The topological polar surface area (TPSA) is 140 Å². The largest absolute Gasteiger partial charge is 0.486 e. The molecule has 0 saturated carbocycles. The molecular weight excluding hydrogens is 684 g/mol. The molecule has 4 aliphatic rings. The van der Waals surface area contributed by atoms with Crippen LogP contribution in [0.3, 0.4) is 0 Å². The van der Waals surface area contributed by atoms with Gasteiger partial charge in [-0.2, -0.15) is 0 Å². The molecule has 0 saturated heterocycles. The van der Waals surface area contributed by atoms with Gasteiger partial charge in [-0.05, 0) is 80.1 Å². The zero-order valence-electron chi connectivity index (χ0n) is 31.3. The predicted octanol–water partition coefficient (Wildman–Crippen LogP) is 5.98. The Kier molecular flexibility index (Phi) is 9.28. The van der Waals surface area contributed by atoms with Crippen LogP contribution in [0.25, 0.3) is 0 Å². The minimum atomic E-state index is -1.32. The molecule has 2 aliphatic heterocycles. The molecule has 0 radical (unpaired) electrons. The van der Waals surface area contributed by atoms with Crippen LogP contribution < -0.4 is 20.1 Å². The Hall–Kier alpha value is -5.64. The van der Waals surface area contributed by atoms with Crippen molar-refractivity contribution in [2.75, 3.05) is 6.61 Å². The first-order valence-corrected chi connectivity index (χ1v) is 18.4. The van der Waals surface area contributed by atoms with Gasteiger partial charge in [-0.25, -0.2) is 9.59 Å². The predicted molar refractivity (Wildman–Crippen MR) is 202 cm³/mol. The Morgan fingerprint density at radius 1 is 0.574 bits per heavy atom. The lowest BCUT2D eigenvalue weighted by Gasteiger charge is -2.28. The SMILES string of the molecule is CC1(C)Cc2cccc(C(=O)NC3(C(=O)O)Cc4ccccc4C3)c2O1.CCOC(=O)C1(NC(=O)c2cccc3c2OC(C)(C)C3)Cc2ccccc2C1. The Balaban J connectivity index is 0.000000167. The summed E-state index contributed by atoms with van der Waals surface area (Å²) in [6.07, 6.45) is 2.89. The second kappa shape index (κ2) is 13.6. The third-order valence-corrected chi connectivity index (χ3v) is 10.7. The average Bonchev–Trinajstić information content (AvgIpc) is 3.86. The molecule has 280 valence electrons. The maximum atomic E-state index is 13.2. The van der Waals surface area contributed by atoms with Gasteiger partial charge in [-0.3, -0.25) is 9.59 Å². The molecule has 8 rings (SSSR count). The van der Waals surface area contributed by atoms with Gasteiger partial charge in [0.15, 0.2) is 0 Å². The van der Waals surface area contributed by atoms with E-state index in [1.165, 1.54) is 0 Å². The first kappa shape index (κ1) is 36.7. The Morgan fingerprint density at radius 2 is 0.944 bits per heavy atom. The standard InChI is InChI=1S/C23H25NO4.C21H21NO4/c1-4-27-21(26)23(13-15-8-5-6-9-16(15)14-23)24-20(25)18-11-7-10-17-12-22(2,3)28-19(17)18;1-20(2)10-15-8-5-9-16(17(15)26-20)18(23)22-21(19(24)25)11-13-6-3-4-7-14(13)12-21/h5-11H,4,12-14H2,1-3H3,(H,24,25);3-9H,10-12H2,1-2H3,(H,22,23)(H,24,25). The van der Waals surface area contributed by atoms with Gasteiger partial charge in [-0.15, -0.1) is 0 Å². The number of fused-ring (bicyclic) bond motifs is 4. The van der Waals surface area contributed by atoms with Crippen LogP contribution in [-0.4, -0.2) is 57.7 Å². The van der Waals surface area contributed by atoms with Gasteiger partial charge < -0.3 is 30.0 Å². The van der Waals surface area contributed by atoms with Crippen molar-refractivity contribution in [2.45, 2.75) is 95.4 Å². The number of ether oxygens (including phenoxy) is 3. The minimum absolute atomic E-state index is 0.269. The molecule has 0 aromatic heterocycles. The van der Waals surface area contributed by atoms with Gasteiger partial charge >= 0.3 is 11.9 Å². The molecule has 10 nitrogen and oxygen atoms in total. The number of carbonyl (C=O) groups excluding carboxylic acids is 3. The lowest BCUT2D eigenvalue weighted by atomic mass is 9.94.